The number of rotatable bonds is 4. The molecule has 0 spiro atoms. The maximum absolute atomic E-state index is 13.8. The highest BCUT2D eigenvalue weighted by atomic mass is 127. The smallest absolute Gasteiger partial charge is 0.257 e. The lowest BCUT2D eigenvalue weighted by atomic mass is 9.99. The van der Waals surface area contributed by atoms with E-state index in [1.165, 1.54) is 11.1 Å². The predicted octanol–water partition coefficient (Wildman–Crippen LogP) is 6.18. The lowest BCUT2D eigenvalue weighted by Crippen LogP contribution is -2.40. The first kappa shape index (κ1) is 22.1. The second kappa shape index (κ2) is 9.15. The molecule has 1 aromatic heterocycles. The normalized spacial score (nSPS) is 16.5. The summed E-state index contributed by atoms with van der Waals surface area (Å²) >= 11 is 8.18. The summed E-state index contributed by atoms with van der Waals surface area (Å²) in [5.74, 6) is -0.542. The Hall–Kier alpha value is -3.14. The number of hydrogen-bond acceptors (Lipinski definition) is 4. The van der Waals surface area contributed by atoms with Gasteiger partial charge in [0.25, 0.3) is 11.8 Å². The van der Waals surface area contributed by atoms with Gasteiger partial charge in [-0.25, -0.2) is 0 Å². The molecule has 0 bridgehead atoms. The molecule has 2 aromatic carbocycles. The molecular weight excluding hydrogens is 543 g/mol. The molecule has 8 nitrogen and oxygen atoms in total. The van der Waals surface area contributed by atoms with Crippen molar-refractivity contribution in [2.24, 2.45) is 5.11 Å². The van der Waals surface area contributed by atoms with Crippen molar-refractivity contribution >= 4 is 57.5 Å². The zero-order valence-corrected chi connectivity index (χ0v) is 19.7. The molecule has 0 fully saturated rings. The topological polar surface area (TPSA) is 111 Å². The van der Waals surface area contributed by atoms with Crippen LogP contribution in [0.3, 0.4) is 0 Å². The van der Waals surface area contributed by atoms with Crippen LogP contribution in [0.4, 0.5) is 11.5 Å². The summed E-state index contributed by atoms with van der Waals surface area (Å²) in [6.07, 6.45) is 1.51. The molecule has 1 aliphatic rings. The van der Waals surface area contributed by atoms with Crippen molar-refractivity contribution in [3.63, 3.8) is 0 Å². The second-order valence-corrected chi connectivity index (χ2v) is 8.81. The van der Waals surface area contributed by atoms with E-state index in [9.17, 15) is 9.59 Å². The maximum Gasteiger partial charge on any atom is 0.257 e. The molecular formula is C22H16ClIN6O2. The van der Waals surface area contributed by atoms with E-state index >= 15 is 0 Å². The highest BCUT2D eigenvalue weighted by Gasteiger charge is 2.40. The molecule has 2 heterocycles. The van der Waals surface area contributed by atoms with Crippen molar-refractivity contribution in [3.8, 4) is 0 Å². The molecule has 2 atom stereocenters. The molecule has 1 N–H and O–H groups in total. The van der Waals surface area contributed by atoms with Crippen LogP contribution in [-0.2, 0) is 4.79 Å². The monoisotopic (exact) mass is 558 g/mol. The van der Waals surface area contributed by atoms with E-state index in [1.807, 2.05) is 6.07 Å². The fourth-order valence-corrected chi connectivity index (χ4v) is 4.37. The van der Waals surface area contributed by atoms with E-state index in [0.717, 1.165) is 3.57 Å². The van der Waals surface area contributed by atoms with Crippen molar-refractivity contribution in [3.05, 3.63) is 96.5 Å². The number of nitrogens with zero attached hydrogens (tertiary/aromatic N) is 5. The average molecular weight is 559 g/mol. The van der Waals surface area contributed by atoms with Crippen LogP contribution in [0.2, 0.25) is 5.02 Å². The van der Waals surface area contributed by atoms with E-state index in [1.54, 1.807) is 55.5 Å². The molecule has 3 aromatic rings. The SMILES string of the molecule is CC(c1cccnc1N=[N+]=[N-])N1C(=O)c2cc(I)ccc2NC(=O)C1c1ccc(Cl)cc1. The molecule has 2 unspecified atom stereocenters. The molecule has 4 rings (SSSR count). The number of azide groups is 1. The van der Waals surface area contributed by atoms with Gasteiger partial charge < -0.3 is 10.2 Å². The van der Waals surface area contributed by atoms with Crippen molar-refractivity contribution < 1.29 is 9.59 Å². The minimum absolute atomic E-state index is 0.151. The third kappa shape index (κ3) is 4.14. The fraction of sp³-hybridized carbons (Fsp3) is 0.136. The number of halogens is 2. The summed E-state index contributed by atoms with van der Waals surface area (Å²) < 4.78 is 0.859. The molecule has 0 radical (unpaired) electrons. The Bertz CT molecular complexity index is 1260. The van der Waals surface area contributed by atoms with Gasteiger partial charge in [-0.2, -0.15) is 0 Å². The quantitative estimate of drug-likeness (QED) is 0.179. The number of hydrogen-bond donors (Lipinski definition) is 1. The summed E-state index contributed by atoms with van der Waals surface area (Å²) in [5.41, 5.74) is 10.9. The molecule has 32 heavy (non-hydrogen) atoms. The minimum atomic E-state index is -0.945. The van der Waals surface area contributed by atoms with E-state index < -0.39 is 12.1 Å². The van der Waals surface area contributed by atoms with Gasteiger partial charge in [-0.1, -0.05) is 29.8 Å². The van der Waals surface area contributed by atoms with E-state index in [-0.39, 0.29) is 17.6 Å². The molecule has 160 valence electrons. The third-order valence-corrected chi connectivity index (χ3v) is 6.16. The Morgan fingerprint density at radius 3 is 2.69 bits per heavy atom. The van der Waals surface area contributed by atoms with Crippen LogP contribution in [0.15, 0.2) is 65.9 Å². The molecule has 2 amide bonds. The van der Waals surface area contributed by atoms with Crippen LogP contribution in [0.25, 0.3) is 10.4 Å². The van der Waals surface area contributed by atoms with Gasteiger partial charge in [-0.15, -0.1) is 0 Å². The van der Waals surface area contributed by atoms with Crippen molar-refractivity contribution in [2.75, 3.05) is 5.32 Å². The van der Waals surface area contributed by atoms with Gasteiger partial charge in [0.05, 0.1) is 17.3 Å². The lowest BCUT2D eigenvalue weighted by Gasteiger charge is -2.35. The van der Waals surface area contributed by atoms with Gasteiger partial charge in [0.1, 0.15) is 11.9 Å². The molecule has 1 aliphatic heterocycles. The largest absolute Gasteiger partial charge is 0.323 e. The Morgan fingerprint density at radius 2 is 1.97 bits per heavy atom. The minimum Gasteiger partial charge on any atom is -0.323 e. The standard InChI is InChI=1S/C22H16ClIN6O2/c1-12(16-3-2-10-26-20(16)28-29-25)30-19(13-4-6-14(23)7-5-13)21(31)27-18-9-8-15(24)11-17(18)22(30)32/h2-12,19H,1H3,(H,27,31). The van der Waals surface area contributed by atoms with Crippen LogP contribution in [0, 0.1) is 3.57 Å². The van der Waals surface area contributed by atoms with E-state index in [4.69, 9.17) is 17.1 Å². The van der Waals surface area contributed by atoms with Crippen LogP contribution < -0.4 is 5.32 Å². The van der Waals surface area contributed by atoms with Gasteiger partial charge in [-0.3, -0.25) is 14.6 Å². The molecule has 0 aliphatic carbocycles. The van der Waals surface area contributed by atoms with Gasteiger partial charge in [0, 0.05) is 25.3 Å². The van der Waals surface area contributed by atoms with Gasteiger partial charge in [0.15, 0.2) is 0 Å². The summed E-state index contributed by atoms with van der Waals surface area (Å²) in [4.78, 5) is 35.7. The van der Waals surface area contributed by atoms with Crippen LogP contribution in [0.5, 0.6) is 0 Å². The third-order valence-electron chi connectivity index (χ3n) is 5.24. The van der Waals surface area contributed by atoms with E-state index in [2.05, 4.69) is 42.9 Å². The first-order valence-corrected chi connectivity index (χ1v) is 11.0. The number of carbonyl (C=O) groups is 2. The number of aromatic nitrogens is 1. The Morgan fingerprint density at radius 1 is 1.22 bits per heavy atom. The Kier molecular flexibility index (Phi) is 6.31. The highest BCUT2D eigenvalue weighted by Crippen LogP contribution is 2.39. The summed E-state index contributed by atoms with van der Waals surface area (Å²) in [7, 11) is 0. The summed E-state index contributed by atoms with van der Waals surface area (Å²) in [5, 5.41) is 7.07. The number of pyridine rings is 1. The van der Waals surface area contributed by atoms with Gasteiger partial charge >= 0.3 is 0 Å². The number of nitrogens with one attached hydrogen (secondary N) is 1. The average Bonchev–Trinajstić information content (AvgIpc) is 2.89. The number of carbonyl (C=O) groups excluding carboxylic acids is 2. The second-order valence-electron chi connectivity index (χ2n) is 7.13. The van der Waals surface area contributed by atoms with Gasteiger partial charge in [0.2, 0.25) is 0 Å². The maximum atomic E-state index is 13.8. The Labute approximate surface area is 202 Å². The highest BCUT2D eigenvalue weighted by molar-refractivity contribution is 14.1. The number of anilines is 1. The molecule has 10 heteroatoms. The van der Waals surface area contributed by atoms with Crippen molar-refractivity contribution in [1.82, 2.24) is 9.88 Å². The first-order chi connectivity index (χ1) is 15.4. The lowest BCUT2D eigenvalue weighted by molar-refractivity contribution is -0.121. The van der Waals surface area contributed by atoms with Crippen molar-refractivity contribution in [1.29, 1.82) is 0 Å². The molecule has 0 saturated carbocycles. The number of fused-ring (bicyclic) bond motifs is 1. The van der Waals surface area contributed by atoms with Crippen molar-refractivity contribution in [2.45, 2.75) is 19.0 Å². The number of amides is 2. The Balaban J connectivity index is 1.92. The summed E-state index contributed by atoms with van der Waals surface area (Å²) in [6, 6.07) is 13.9. The van der Waals surface area contributed by atoms with Gasteiger partial charge in [-0.05, 0) is 82.1 Å². The van der Waals surface area contributed by atoms with E-state index in [0.29, 0.717) is 27.4 Å². The predicted molar refractivity (Wildman–Crippen MR) is 130 cm³/mol. The summed E-state index contributed by atoms with van der Waals surface area (Å²) in [6.45, 7) is 1.78. The zero-order chi connectivity index (χ0) is 22.8. The first-order valence-electron chi connectivity index (χ1n) is 9.59. The fourth-order valence-electron chi connectivity index (χ4n) is 3.75. The zero-order valence-electron chi connectivity index (χ0n) is 16.7. The van der Waals surface area contributed by atoms with Crippen LogP contribution in [-0.4, -0.2) is 21.7 Å². The number of benzene rings is 2. The van der Waals surface area contributed by atoms with Crippen LogP contribution in [0.1, 0.15) is 40.5 Å². The van der Waals surface area contributed by atoms with Crippen LogP contribution >= 0.6 is 34.2 Å². The molecule has 0 saturated heterocycles.